The number of aromatic nitrogens is 1. The second-order valence-corrected chi connectivity index (χ2v) is 5.68. The molecule has 0 saturated carbocycles. The standard InChI is InChI=1S/C19H24N2O4/c1-13(15-7-6-8-20-12-15)21(2)18(22)11-14-9-16(23-3)19(25-5)17(10-14)24-4/h6-10,12-13H,11H2,1-5H3. The highest BCUT2D eigenvalue weighted by Gasteiger charge is 2.20. The number of methoxy groups -OCH3 is 3. The molecule has 0 fully saturated rings. The second kappa shape index (κ2) is 8.37. The number of likely N-dealkylation sites (N-methyl/N-ethyl adjacent to an activating group) is 1. The zero-order chi connectivity index (χ0) is 18.4. The van der Waals surface area contributed by atoms with Crippen LogP contribution in [0.25, 0.3) is 0 Å². The number of amides is 1. The van der Waals surface area contributed by atoms with Crippen LogP contribution >= 0.6 is 0 Å². The highest BCUT2D eigenvalue weighted by molar-refractivity contribution is 5.79. The van der Waals surface area contributed by atoms with Gasteiger partial charge in [-0.3, -0.25) is 9.78 Å². The summed E-state index contributed by atoms with van der Waals surface area (Å²) in [4.78, 5) is 18.5. The van der Waals surface area contributed by atoms with Gasteiger partial charge in [0.15, 0.2) is 11.5 Å². The summed E-state index contributed by atoms with van der Waals surface area (Å²) in [5.41, 5.74) is 1.79. The summed E-state index contributed by atoms with van der Waals surface area (Å²) in [5, 5.41) is 0. The molecule has 0 aliphatic carbocycles. The molecular formula is C19H24N2O4. The number of ether oxygens (including phenoxy) is 3. The summed E-state index contributed by atoms with van der Waals surface area (Å²) in [6, 6.07) is 7.34. The molecule has 0 N–H and O–H groups in total. The minimum Gasteiger partial charge on any atom is -0.493 e. The zero-order valence-electron chi connectivity index (χ0n) is 15.3. The molecule has 0 saturated heterocycles. The van der Waals surface area contributed by atoms with Crippen molar-refractivity contribution in [3.8, 4) is 17.2 Å². The number of rotatable bonds is 7. The zero-order valence-corrected chi connectivity index (χ0v) is 15.3. The average Bonchev–Trinajstić information content (AvgIpc) is 2.66. The van der Waals surface area contributed by atoms with E-state index in [9.17, 15) is 4.79 Å². The molecule has 6 nitrogen and oxygen atoms in total. The molecule has 1 unspecified atom stereocenters. The Hall–Kier alpha value is -2.76. The summed E-state index contributed by atoms with van der Waals surface area (Å²) >= 11 is 0. The molecule has 0 bridgehead atoms. The van der Waals surface area contributed by atoms with Crippen LogP contribution in [0.1, 0.15) is 24.1 Å². The van der Waals surface area contributed by atoms with Crippen molar-refractivity contribution in [2.75, 3.05) is 28.4 Å². The van der Waals surface area contributed by atoms with Gasteiger partial charge in [0.2, 0.25) is 11.7 Å². The molecule has 25 heavy (non-hydrogen) atoms. The van der Waals surface area contributed by atoms with Gasteiger partial charge in [-0.15, -0.1) is 0 Å². The van der Waals surface area contributed by atoms with Crippen LogP contribution in [0.5, 0.6) is 17.2 Å². The number of carbonyl (C=O) groups excluding carboxylic acids is 1. The van der Waals surface area contributed by atoms with E-state index in [2.05, 4.69) is 4.98 Å². The first-order valence-electron chi connectivity index (χ1n) is 7.96. The van der Waals surface area contributed by atoms with Crippen LogP contribution in [-0.4, -0.2) is 44.2 Å². The molecule has 1 atom stereocenters. The maximum absolute atomic E-state index is 12.7. The van der Waals surface area contributed by atoms with Crippen LogP contribution in [0.4, 0.5) is 0 Å². The van der Waals surface area contributed by atoms with E-state index in [0.29, 0.717) is 17.2 Å². The van der Waals surface area contributed by atoms with Crippen molar-refractivity contribution >= 4 is 5.91 Å². The van der Waals surface area contributed by atoms with Gasteiger partial charge in [-0.2, -0.15) is 0 Å². The van der Waals surface area contributed by atoms with E-state index in [1.165, 1.54) is 0 Å². The third-order valence-corrected chi connectivity index (χ3v) is 4.22. The quantitative estimate of drug-likeness (QED) is 0.773. The number of nitrogens with zero attached hydrogens (tertiary/aromatic N) is 2. The number of hydrogen-bond acceptors (Lipinski definition) is 5. The number of hydrogen-bond donors (Lipinski definition) is 0. The Labute approximate surface area is 148 Å². The van der Waals surface area contributed by atoms with E-state index in [0.717, 1.165) is 11.1 Å². The van der Waals surface area contributed by atoms with E-state index in [1.54, 1.807) is 57.8 Å². The molecule has 1 heterocycles. The van der Waals surface area contributed by atoms with Gasteiger partial charge in [-0.1, -0.05) is 6.07 Å². The number of benzene rings is 1. The second-order valence-electron chi connectivity index (χ2n) is 5.68. The molecule has 134 valence electrons. The van der Waals surface area contributed by atoms with Crippen molar-refractivity contribution in [2.45, 2.75) is 19.4 Å². The van der Waals surface area contributed by atoms with E-state index in [4.69, 9.17) is 14.2 Å². The predicted molar refractivity (Wildman–Crippen MR) is 95.2 cm³/mol. The summed E-state index contributed by atoms with van der Waals surface area (Å²) in [6.07, 6.45) is 3.72. The third kappa shape index (κ3) is 4.21. The first-order valence-corrected chi connectivity index (χ1v) is 7.96. The molecule has 2 aromatic rings. The largest absolute Gasteiger partial charge is 0.493 e. The average molecular weight is 344 g/mol. The lowest BCUT2D eigenvalue weighted by atomic mass is 10.1. The Kier molecular flexibility index (Phi) is 6.22. The van der Waals surface area contributed by atoms with Crippen molar-refractivity contribution in [1.82, 2.24) is 9.88 Å². The molecule has 2 rings (SSSR count). The van der Waals surface area contributed by atoms with E-state index in [-0.39, 0.29) is 18.4 Å². The fourth-order valence-electron chi connectivity index (χ4n) is 2.60. The van der Waals surface area contributed by atoms with Crippen LogP contribution in [0, 0.1) is 0 Å². The van der Waals surface area contributed by atoms with Crippen LogP contribution in [0.3, 0.4) is 0 Å². The van der Waals surface area contributed by atoms with Gasteiger partial charge in [0.05, 0.1) is 33.8 Å². The summed E-state index contributed by atoms with van der Waals surface area (Å²) in [7, 11) is 6.45. The van der Waals surface area contributed by atoms with Gasteiger partial charge in [-0.25, -0.2) is 0 Å². The lowest BCUT2D eigenvalue weighted by Gasteiger charge is -2.25. The minimum atomic E-state index is -0.0664. The fraction of sp³-hybridized carbons (Fsp3) is 0.368. The lowest BCUT2D eigenvalue weighted by molar-refractivity contribution is -0.131. The summed E-state index contributed by atoms with van der Waals surface area (Å²) in [5.74, 6) is 1.57. The number of carbonyl (C=O) groups is 1. The SMILES string of the molecule is COc1cc(CC(=O)N(C)C(C)c2cccnc2)cc(OC)c1OC. The fourth-order valence-corrected chi connectivity index (χ4v) is 2.60. The van der Waals surface area contributed by atoms with Gasteiger partial charge in [-0.05, 0) is 36.2 Å². The monoisotopic (exact) mass is 344 g/mol. The van der Waals surface area contributed by atoms with Crippen molar-refractivity contribution in [1.29, 1.82) is 0 Å². The highest BCUT2D eigenvalue weighted by Crippen LogP contribution is 2.38. The van der Waals surface area contributed by atoms with Crippen molar-refractivity contribution in [2.24, 2.45) is 0 Å². The molecule has 6 heteroatoms. The minimum absolute atomic E-state index is 0.00868. The molecule has 1 amide bonds. The predicted octanol–water partition coefficient (Wildman–Crippen LogP) is 2.87. The third-order valence-electron chi connectivity index (χ3n) is 4.22. The molecule has 0 aliphatic heterocycles. The maximum atomic E-state index is 12.7. The van der Waals surface area contributed by atoms with E-state index in [1.807, 2.05) is 19.1 Å². The Balaban J connectivity index is 2.19. The maximum Gasteiger partial charge on any atom is 0.227 e. The molecule has 1 aromatic heterocycles. The van der Waals surface area contributed by atoms with Gasteiger partial charge in [0, 0.05) is 19.4 Å². The lowest BCUT2D eigenvalue weighted by Crippen LogP contribution is -2.31. The molecule has 0 radical (unpaired) electrons. The Morgan fingerprint density at radius 1 is 1.16 bits per heavy atom. The highest BCUT2D eigenvalue weighted by atomic mass is 16.5. The molecule has 1 aromatic carbocycles. The molecular weight excluding hydrogens is 320 g/mol. The van der Waals surface area contributed by atoms with Crippen LogP contribution in [-0.2, 0) is 11.2 Å². The van der Waals surface area contributed by atoms with Crippen molar-refractivity contribution in [3.63, 3.8) is 0 Å². The van der Waals surface area contributed by atoms with Gasteiger partial charge < -0.3 is 19.1 Å². The normalized spacial score (nSPS) is 11.6. The summed E-state index contributed by atoms with van der Waals surface area (Å²) in [6.45, 7) is 1.98. The molecule has 0 spiro atoms. The van der Waals surface area contributed by atoms with Gasteiger partial charge in [0.25, 0.3) is 0 Å². The van der Waals surface area contributed by atoms with Gasteiger partial charge in [0.1, 0.15) is 0 Å². The van der Waals surface area contributed by atoms with Crippen LogP contribution in [0.2, 0.25) is 0 Å². The van der Waals surface area contributed by atoms with Gasteiger partial charge >= 0.3 is 0 Å². The summed E-state index contributed by atoms with van der Waals surface area (Å²) < 4.78 is 16.0. The number of pyridine rings is 1. The van der Waals surface area contributed by atoms with Crippen LogP contribution < -0.4 is 14.2 Å². The van der Waals surface area contributed by atoms with E-state index >= 15 is 0 Å². The van der Waals surface area contributed by atoms with Crippen molar-refractivity contribution < 1.29 is 19.0 Å². The Morgan fingerprint density at radius 3 is 2.28 bits per heavy atom. The smallest absolute Gasteiger partial charge is 0.227 e. The van der Waals surface area contributed by atoms with E-state index < -0.39 is 0 Å². The Morgan fingerprint density at radius 2 is 1.80 bits per heavy atom. The Bertz CT molecular complexity index is 694. The first-order chi connectivity index (χ1) is 12.0. The topological polar surface area (TPSA) is 60.9 Å². The molecule has 0 aliphatic rings. The first kappa shape index (κ1) is 18.6. The van der Waals surface area contributed by atoms with Crippen LogP contribution in [0.15, 0.2) is 36.7 Å². The van der Waals surface area contributed by atoms with Crippen molar-refractivity contribution in [3.05, 3.63) is 47.8 Å².